The number of hydrogen-bond donors (Lipinski definition) is 0. The highest BCUT2D eigenvalue weighted by Crippen LogP contribution is 2.49. The molecule has 188 valence electrons. The third-order valence-corrected chi connectivity index (χ3v) is 6.17. The molecule has 0 radical (unpaired) electrons. The Morgan fingerprint density at radius 2 is 1.72 bits per heavy atom. The summed E-state index contributed by atoms with van der Waals surface area (Å²) in [5.74, 6) is -0.601. The maximum Gasteiger partial charge on any atom is 0.416 e. The highest BCUT2D eigenvalue weighted by atomic mass is 16.7. The van der Waals surface area contributed by atoms with Crippen LogP contribution in [0.2, 0.25) is 0 Å². The Balaban J connectivity index is 1.65. The zero-order valence-corrected chi connectivity index (χ0v) is 19.8. The van der Waals surface area contributed by atoms with E-state index in [0.29, 0.717) is 34.1 Å². The predicted molar refractivity (Wildman–Crippen MR) is 121 cm³/mol. The summed E-state index contributed by atoms with van der Waals surface area (Å²) >= 11 is 0. The largest absolute Gasteiger partial charge is 0.493 e. The standard InChI is InChI=1S/C25H23NO10/c1-30-15-6-4-13(10-17(15)31-2)21-19(23(27)26-8-9-33-25(26)29)20(24(28)32-3)22(36-21)14-5-7-16-18(11-14)35-12-34-16/h4-7,10-11,19,21H,8-9,12H2,1-3H3/t19-,21+/m1/s1. The topological polar surface area (TPSA) is 119 Å². The van der Waals surface area contributed by atoms with Gasteiger partial charge in [0, 0.05) is 5.56 Å². The summed E-state index contributed by atoms with van der Waals surface area (Å²) in [5, 5.41) is 0. The maximum atomic E-state index is 13.7. The second kappa shape index (κ2) is 9.33. The molecule has 0 aromatic heterocycles. The van der Waals surface area contributed by atoms with E-state index in [0.717, 1.165) is 4.90 Å². The molecule has 0 unspecified atom stereocenters. The van der Waals surface area contributed by atoms with E-state index in [9.17, 15) is 14.4 Å². The first kappa shape index (κ1) is 23.3. The molecule has 3 aliphatic rings. The molecule has 1 saturated heterocycles. The van der Waals surface area contributed by atoms with Gasteiger partial charge in [0.1, 0.15) is 24.4 Å². The SMILES string of the molecule is COC(=O)C1=C(c2ccc3c(c2)OCO3)O[C@@H](c2ccc(OC)c(OC)c2)[C@@H]1C(=O)N1CCOC1=O. The van der Waals surface area contributed by atoms with Crippen molar-refractivity contribution in [2.24, 2.45) is 5.92 Å². The van der Waals surface area contributed by atoms with Gasteiger partial charge < -0.3 is 33.2 Å². The summed E-state index contributed by atoms with van der Waals surface area (Å²) < 4.78 is 37.9. The van der Waals surface area contributed by atoms with Crippen LogP contribution in [0.4, 0.5) is 4.79 Å². The molecule has 3 heterocycles. The van der Waals surface area contributed by atoms with Gasteiger partial charge >= 0.3 is 12.1 Å². The lowest BCUT2D eigenvalue weighted by Gasteiger charge is -2.23. The molecule has 0 spiro atoms. The van der Waals surface area contributed by atoms with Gasteiger partial charge in [0.05, 0.1) is 33.4 Å². The summed E-state index contributed by atoms with van der Waals surface area (Å²) in [6, 6.07) is 10.0. The van der Waals surface area contributed by atoms with Crippen molar-refractivity contribution in [3.63, 3.8) is 0 Å². The van der Waals surface area contributed by atoms with Gasteiger partial charge in [-0.2, -0.15) is 0 Å². The third-order valence-electron chi connectivity index (χ3n) is 6.17. The van der Waals surface area contributed by atoms with Crippen LogP contribution in [-0.2, 0) is 23.8 Å². The van der Waals surface area contributed by atoms with Crippen LogP contribution < -0.4 is 18.9 Å². The van der Waals surface area contributed by atoms with Crippen molar-refractivity contribution in [1.82, 2.24) is 4.90 Å². The number of ether oxygens (including phenoxy) is 7. The van der Waals surface area contributed by atoms with Gasteiger partial charge in [0.15, 0.2) is 23.0 Å². The zero-order valence-electron chi connectivity index (χ0n) is 19.8. The number of fused-ring (bicyclic) bond motifs is 1. The first-order chi connectivity index (χ1) is 17.5. The molecule has 11 heteroatoms. The fraction of sp³-hybridized carbons (Fsp3) is 0.320. The summed E-state index contributed by atoms with van der Waals surface area (Å²) in [7, 11) is 4.20. The van der Waals surface area contributed by atoms with E-state index in [1.54, 1.807) is 36.4 Å². The van der Waals surface area contributed by atoms with Crippen LogP contribution in [0.15, 0.2) is 42.0 Å². The van der Waals surface area contributed by atoms with Crippen LogP contribution in [0.5, 0.6) is 23.0 Å². The monoisotopic (exact) mass is 497 g/mol. The van der Waals surface area contributed by atoms with E-state index in [1.165, 1.54) is 21.3 Å². The van der Waals surface area contributed by atoms with Crippen LogP contribution in [0.1, 0.15) is 17.2 Å². The molecule has 2 aromatic rings. The molecule has 11 nitrogen and oxygen atoms in total. The Morgan fingerprint density at radius 1 is 0.944 bits per heavy atom. The van der Waals surface area contributed by atoms with Crippen LogP contribution >= 0.6 is 0 Å². The first-order valence-electron chi connectivity index (χ1n) is 11.1. The molecule has 2 aromatic carbocycles. The van der Waals surface area contributed by atoms with Gasteiger partial charge in [-0.3, -0.25) is 4.79 Å². The summed E-state index contributed by atoms with van der Waals surface area (Å²) in [5.41, 5.74) is 0.973. The van der Waals surface area contributed by atoms with E-state index in [-0.39, 0.29) is 31.3 Å². The van der Waals surface area contributed by atoms with Crippen LogP contribution in [0.25, 0.3) is 5.76 Å². The number of amides is 2. The predicted octanol–water partition coefficient (Wildman–Crippen LogP) is 2.68. The quantitative estimate of drug-likeness (QED) is 0.551. The second-order valence-corrected chi connectivity index (χ2v) is 8.04. The molecule has 0 saturated carbocycles. The molecule has 3 aliphatic heterocycles. The number of nitrogens with zero attached hydrogens (tertiary/aromatic N) is 1. The molecule has 5 rings (SSSR count). The Labute approximate surface area is 206 Å². The van der Waals surface area contributed by atoms with Gasteiger partial charge in [-0.1, -0.05) is 6.07 Å². The number of carbonyl (C=O) groups excluding carboxylic acids is 3. The number of carbonyl (C=O) groups is 3. The number of esters is 1. The van der Waals surface area contributed by atoms with E-state index in [4.69, 9.17) is 33.2 Å². The normalized spacial score (nSPS) is 20.2. The minimum atomic E-state index is -1.21. The molecule has 2 atom stereocenters. The molecule has 2 amide bonds. The summed E-state index contributed by atoms with van der Waals surface area (Å²) in [6.45, 7) is 0.182. The third kappa shape index (κ3) is 3.82. The van der Waals surface area contributed by atoms with E-state index < -0.39 is 30.0 Å². The fourth-order valence-corrected chi connectivity index (χ4v) is 4.45. The van der Waals surface area contributed by atoms with Crippen LogP contribution in [0, 0.1) is 5.92 Å². The van der Waals surface area contributed by atoms with E-state index in [2.05, 4.69) is 0 Å². The maximum absolute atomic E-state index is 13.7. The van der Waals surface area contributed by atoms with Crippen LogP contribution in [-0.4, -0.2) is 64.1 Å². The lowest BCUT2D eigenvalue weighted by molar-refractivity contribution is -0.140. The minimum absolute atomic E-state index is 0.0270. The van der Waals surface area contributed by atoms with Crippen molar-refractivity contribution in [3.05, 3.63) is 53.1 Å². The molecular weight excluding hydrogens is 474 g/mol. The van der Waals surface area contributed by atoms with Gasteiger partial charge in [0.2, 0.25) is 12.7 Å². The van der Waals surface area contributed by atoms with Crippen LogP contribution in [0.3, 0.4) is 0 Å². The van der Waals surface area contributed by atoms with Gasteiger partial charge in [0.25, 0.3) is 0 Å². The number of rotatable bonds is 6. The average Bonchev–Trinajstić information content (AvgIpc) is 3.64. The number of hydrogen-bond acceptors (Lipinski definition) is 10. The summed E-state index contributed by atoms with van der Waals surface area (Å²) in [4.78, 5) is 40.0. The molecule has 0 bridgehead atoms. The van der Waals surface area contributed by atoms with E-state index in [1.807, 2.05) is 0 Å². The van der Waals surface area contributed by atoms with Gasteiger partial charge in [-0.15, -0.1) is 0 Å². The van der Waals surface area contributed by atoms with Gasteiger partial charge in [-0.25, -0.2) is 14.5 Å². The number of cyclic esters (lactones) is 1. The Hall–Kier alpha value is -4.41. The first-order valence-corrected chi connectivity index (χ1v) is 11.1. The zero-order chi connectivity index (χ0) is 25.4. The summed E-state index contributed by atoms with van der Waals surface area (Å²) in [6.07, 6.45) is -1.77. The van der Waals surface area contributed by atoms with Crippen molar-refractivity contribution in [2.75, 3.05) is 41.3 Å². The van der Waals surface area contributed by atoms with Crippen molar-refractivity contribution in [2.45, 2.75) is 6.10 Å². The lowest BCUT2D eigenvalue weighted by atomic mass is 9.88. The number of imide groups is 1. The molecule has 0 N–H and O–H groups in total. The molecule has 0 aliphatic carbocycles. The Bertz CT molecular complexity index is 1270. The minimum Gasteiger partial charge on any atom is -0.493 e. The number of benzene rings is 2. The van der Waals surface area contributed by atoms with E-state index >= 15 is 0 Å². The smallest absolute Gasteiger partial charge is 0.416 e. The van der Waals surface area contributed by atoms with Gasteiger partial charge in [-0.05, 0) is 35.9 Å². The molecule has 1 fully saturated rings. The van der Waals surface area contributed by atoms with Crippen molar-refractivity contribution in [1.29, 1.82) is 0 Å². The van der Waals surface area contributed by atoms with Crippen molar-refractivity contribution < 1.29 is 47.5 Å². The lowest BCUT2D eigenvalue weighted by Crippen LogP contribution is -2.40. The fourth-order valence-electron chi connectivity index (χ4n) is 4.45. The van der Waals surface area contributed by atoms with Crippen molar-refractivity contribution in [3.8, 4) is 23.0 Å². The Morgan fingerprint density at radius 3 is 2.42 bits per heavy atom. The molecule has 36 heavy (non-hydrogen) atoms. The highest BCUT2D eigenvalue weighted by molar-refractivity contribution is 6.07. The Kier molecular flexibility index (Phi) is 6.05. The number of methoxy groups -OCH3 is 3. The molecular formula is C25H23NO10. The average molecular weight is 497 g/mol. The van der Waals surface area contributed by atoms with Crippen molar-refractivity contribution >= 4 is 23.7 Å². The highest BCUT2D eigenvalue weighted by Gasteiger charge is 2.50. The second-order valence-electron chi connectivity index (χ2n) is 8.04.